The zero-order valence-electron chi connectivity index (χ0n) is 9.13. The maximum atomic E-state index is 11.4. The lowest BCUT2D eigenvalue weighted by molar-refractivity contribution is 0.0519. The van der Waals surface area contributed by atoms with Crippen molar-refractivity contribution < 1.29 is 9.53 Å². The van der Waals surface area contributed by atoms with Gasteiger partial charge in [-0.15, -0.1) is 5.10 Å². The van der Waals surface area contributed by atoms with Gasteiger partial charge in [0.05, 0.1) is 18.5 Å². The molecule has 1 aromatic carbocycles. The lowest BCUT2D eigenvalue weighted by Gasteiger charge is -2.01. The summed E-state index contributed by atoms with van der Waals surface area (Å²) in [5, 5.41) is 7.66. The molecule has 1 heterocycles. The first-order valence-electron chi connectivity index (χ1n) is 5.06. The van der Waals surface area contributed by atoms with Crippen LogP contribution in [0.25, 0.3) is 5.69 Å². The predicted molar refractivity (Wildman–Crippen MR) is 65.0 cm³/mol. The van der Waals surface area contributed by atoms with Crippen LogP contribution in [-0.2, 0) is 4.74 Å². The maximum absolute atomic E-state index is 11.4. The number of benzene rings is 1. The molecule has 0 unspecified atom stereocenters. The molecule has 0 spiro atoms. The van der Waals surface area contributed by atoms with E-state index in [1.165, 1.54) is 10.9 Å². The quantitative estimate of drug-likeness (QED) is 0.815. The van der Waals surface area contributed by atoms with Crippen molar-refractivity contribution in [3.8, 4) is 5.69 Å². The second kappa shape index (κ2) is 5.09. The molecule has 0 saturated heterocycles. The number of ether oxygens (including phenoxy) is 1. The molecule has 0 atom stereocenters. The molecule has 88 valence electrons. The minimum atomic E-state index is -0.467. The molecule has 6 heteroatoms. The fourth-order valence-electron chi connectivity index (χ4n) is 1.32. The normalized spacial score (nSPS) is 10.2. The Bertz CT molecular complexity index is 539. The van der Waals surface area contributed by atoms with Crippen LogP contribution in [0.15, 0.2) is 34.9 Å². The number of carbonyl (C=O) groups excluding carboxylic acids is 1. The number of carbonyl (C=O) groups is 1. The summed E-state index contributed by atoms with van der Waals surface area (Å²) in [7, 11) is 0. The number of nitrogens with zero attached hydrogens (tertiary/aromatic N) is 3. The lowest BCUT2D eigenvalue weighted by atomic mass is 10.3. The number of hydrogen-bond donors (Lipinski definition) is 0. The molecular formula is C11H10BrN3O2. The van der Waals surface area contributed by atoms with Crippen LogP contribution in [-0.4, -0.2) is 27.6 Å². The zero-order chi connectivity index (χ0) is 12.3. The van der Waals surface area contributed by atoms with Gasteiger partial charge >= 0.3 is 5.97 Å². The highest BCUT2D eigenvalue weighted by molar-refractivity contribution is 9.10. The van der Waals surface area contributed by atoms with Crippen molar-refractivity contribution in [3.05, 3.63) is 40.6 Å². The largest absolute Gasteiger partial charge is 0.461 e. The van der Waals surface area contributed by atoms with Gasteiger partial charge < -0.3 is 4.74 Å². The van der Waals surface area contributed by atoms with Crippen molar-refractivity contribution >= 4 is 21.9 Å². The van der Waals surface area contributed by atoms with E-state index < -0.39 is 5.97 Å². The van der Waals surface area contributed by atoms with Crippen LogP contribution in [0.1, 0.15) is 17.4 Å². The third kappa shape index (κ3) is 2.52. The third-order valence-electron chi connectivity index (χ3n) is 2.08. The molecule has 0 amide bonds. The molecule has 2 rings (SSSR count). The van der Waals surface area contributed by atoms with Gasteiger partial charge in [0.2, 0.25) is 0 Å². The van der Waals surface area contributed by atoms with Crippen molar-refractivity contribution in [1.82, 2.24) is 15.0 Å². The molecule has 0 radical (unpaired) electrons. The Morgan fingerprint density at radius 3 is 2.94 bits per heavy atom. The fourth-order valence-corrected chi connectivity index (χ4v) is 1.78. The molecule has 0 aliphatic heterocycles. The van der Waals surface area contributed by atoms with Gasteiger partial charge in [-0.1, -0.05) is 17.3 Å². The van der Waals surface area contributed by atoms with Crippen LogP contribution in [0.3, 0.4) is 0 Å². The Balaban J connectivity index is 2.30. The SMILES string of the molecule is CCOC(=O)c1cn(-c2ccccc2Br)nn1. The van der Waals surface area contributed by atoms with Crippen molar-refractivity contribution in [2.24, 2.45) is 0 Å². The van der Waals surface area contributed by atoms with Gasteiger partial charge in [-0.2, -0.15) is 0 Å². The number of aromatic nitrogens is 3. The summed E-state index contributed by atoms with van der Waals surface area (Å²) in [4.78, 5) is 11.4. The Labute approximate surface area is 107 Å². The number of esters is 1. The highest BCUT2D eigenvalue weighted by Crippen LogP contribution is 2.19. The van der Waals surface area contributed by atoms with Gasteiger partial charge in [0.1, 0.15) is 0 Å². The van der Waals surface area contributed by atoms with E-state index in [9.17, 15) is 4.79 Å². The molecule has 5 nitrogen and oxygen atoms in total. The van der Waals surface area contributed by atoms with Crippen LogP contribution in [0.2, 0.25) is 0 Å². The Morgan fingerprint density at radius 2 is 2.24 bits per heavy atom. The van der Waals surface area contributed by atoms with Gasteiger partial charge in [-0.25, -0.2) is 9.48 Å². The summed E-state index contributed by atoms with van der Waals surface area (Å²) in [6, 6.07) is 7.54. The Morgan fingerprint density at radius 1 is 1.47 bits per heavy atom. The topological polar surface area (TPSA) is 57.0 Å². The predicted octanol–water partition coefficient (Wildman–Crippen LogP) is 2.21. The molecule has 0 saturated carbocycles. The standard InChI is InChI=1S/C11H10BrN3O2/c1-2-17-11(16)9-7-15(14-13-9)10-6-4-3-5-8(10)12/h3-7H,2H2,1H3. The van der Waals surface area contributed by atoms with Crippen molar-refractivity contribution in [2.45, 2.75) is 6.92 Å². The average Bonchev–Trinajstić information content (AvgIpc) is 2.79. The van der Waals surface area contributed by atoms with E-state index in [0.717, 1.165) is 10.2 Å². The van der Waals surface area contributed by atoms with Gasteiger partial charge in [0, 0.05) is 4.47 Å². The van der Waals surface area contributed by atoms with Gasteiger partial charge in [-0.05, 0) is 35.0 Å². The first-order valence-corrected chi connectivity index (χ1v) is 5.86. The fraction of sp³-hybridized carbons (Fsp3) is 0.182. The molecule has 0 bridgehead atoms. The number of halogens is 1. The van der Waals surface area contributed by atoms with Crippen LogP contribution < -0.4 is 0 Å². The van der Waals surface area contributed by atoms with Gasteiger partial charge in [0.15, 0.2) is 5.69 Å². The zero-order valence-corrected chi connectivity index (χ0v) is 10.7. The summed E-state index contributed by atoms with van der Waals surface area (Å²) >= 11 is 3.41. The second-order valence-corrected chi connectivity index (χ2v) is 4.07. The van der Waals surface area contributed by atoms with Crippen LogP contribution in [0.4, 0.5) is 0 Å². The minimum Gasteiger partial charge on any atom is -0.461 e. The van der Waals surface area contributed by atoms with Crippen molar-refractivity contribution in [2.75, 3.05) is 6.61 Å². The van der Waals surface area contributed by atoms with Gasteiger partial charge in [0.25, 0.3) is 0 Å². The maximum Gasteiger partial charge on any atom is 0.360 e. The van der Waals surface area contributed by atoms with E-state index in [1.807, 2.05) is 24.3 Å². The molecule has 0 aliphatic carbocycles. The van der Waals surface area contributed by atoms with Crippen LogP contribution in [0, 0.1) is 0 Å². The molecule has 17 heavy (non-hydrogen) atoms. The molecule has 0 aliphatic rings. The Hall–Kier alpha value is -1.69. The van der Waals surface area contributed by atoms with Crippen molar-refractivity contribution in [3.63, 3.8) is 0 Å². The number of para-hydroxylation sites is 1. The molecule has 0 fully saturated rings. The summed E-state index contributed by atoms with van der Waals surface area (Å²) in [6.45, 7) is 2.07. The highest BCUT2D eigenvalue weighted by Gasteiger charge is 2.13. The second-order valence-electron chi connectivity index (χ2n) is 3.22. The molecule has 1 aromatic heterocycles. The Kier molecular flexibility index (Phi) is 3.53. The van der Waals surface area contributed by atoms with Gasteiger partial charge in [-0.3, -0.25) is 0 Å². The van der Waals surface area contributed by atoms with Crippen LogP contribution >= 0.6 is 15.9 Å². The van der Waals surface area contributed by atoms with Crippen molar-refractivity contribution in [1.29, 1.82) is 0 Å². The number of rotatable bonds is 3. The monoisotopic (exact) mass is 295 g/mol. The summed E-state index contributed by atoms with van der Waals surface area (Å²) in [5.74, 6) is -0.467. The summed E-state index contributed by atoms with van der Waals surface area (Å²) < 4.78 is 7.24. The van der Waals surface area contributed by atoms with E-state index in [2.05, 4.69) is 26.2 Å². The van der Waals surface area contributed by atoms with E-state index in [0.29, 0.717) is 6.61 Å². The van der Waals surface area contributed by atoms with Crippen LogP contribution in [0.5, 0.6) is 0 Å². The van der Waals surface area contributed by atoms with E-state index >= 15 is 0 Å². The first kappa shape index (κ1) is 11.8. The minimum absolute atomic E-state index is 0.197. The molecule has 0 N–H and O–H groups in total. The summed E-state index contributed by atoms with van der Waals surface area (Å²) in [6.07, 6.45) is 1.54. The number of hydrogen-bond acceptors (Lipinski definition) is 4. The lowest BCUT2D eigenvalue weighted by Crippen LogP contribution is -2.04. The molecular weight excluding hydrogens is 286 g/mol. The highest BCUT2D eigenvalue weighted by atomic mass is 79.9. The smallest absolute Gasteiger partial charge is 0.360 e. The first-order chi connectivity index (χ1) is 8.22. The van der Waals surface area contributed by atoms with E-state index in [4.69, 9.17) is 4.74 Å². The average molecular weight is 296 g/mol. The molecule has 2 aromatic rings. The van der Waals surface area contributed by atoms with E-state index in [1.54, 1.807) is 6.92 Å². The third-order valence-corrected chi connectivity index (χ3v) is 2.75. The van der Waals surface area contributed by atoms with E-state index in [-0.39, 0.29) is 5.69 Å². The summed E-state index contributed by atoms with van der Waals surface area (Å²) in [5.41, 5.74) is 1.01.